The molecule has 1 fully saturated rings. The van der Waals surface area contributed by atoms with Crippen molar-refractivity contribution in [3.05, 3.63) is 45.4 Å². The molecule has 0 saturated heterocycles. The number of anilines is 1. The van der Waals surface area contributed by atoms with Crippen molar-refractivity contribution >= 4 is 23.2 Å². The molecule has 1 saturated carbocycles. The Kier molecular flexibility index (Phi) is 7.16. The Labute approximate surface area is 243 Å². The molecule has 4 atom stereocenters. The van der Waals surface area contributed by atoms with Gasteiger partial charge in [-0.3, -0.25) is 19.3 Å². The number of benzene rings is 1. The number of aliphatic hydroxyl groups excluding tert-OH is 2. The number of likely N-dealkylation sites (N-methyl/N-ethyl adjacent to an activating group) is 1. The smallest absolute Gasteiger partial charge is 0.255 e. The zero-order chi connectivity index (χ0) is 30.9. The summed E-state index contributed by atoms with van der Waals surface area (Å²) in [5, 5.41) is 56.5. The van der Waals surface area contributed by atoms with Crippen molar-refractivity contribution < 1.29 is 39.9 Å². The molecule has 5 rings (SSSR count). The van der Waals surface area contributed by atoms with Crippen molar-refractivity contribution in [2.45, 2.75) is 62.2 Å². The van der Waals surface area contributed by atoms with E-state index in [4.69, 9.17) is 5.73 Å². The van der Waals surface area contributed by atoms with E-state index < -0.39 is 69.4 Å². The summed E-state index contributed by atoms with van der Waals surface area (Å²) >= 11 is 0. The van der Waals surface area contributed by atoms with E-state index in [1.807, 2.05) is 0 Å². The number of rotatable bonds is 3. The lowest BCUT2D eigenvalue weighted by molar-refractivity contribution is -0.148. The third-order valence-electron chi connectivity index (χ3n) is 9.29. The lowest BCUT2D eigenvalue weighted by Crippen LogP contribution is -2.63. The molecule has 0 spiro atoms. The van der Waals surface area contributed by atoms with Crippen LogP contribution in [-0.4, -0.2) is 93.3 Å². The van der Waals surface area contributed by atoms with E-state index in [1.54, 1.807) is 39.2 Å². The van der Waals surface area contributed by atoms with Gasteiger partial charge in [-0.1, -0.05) is 18.3 Å². The largest absolute Gasteiger partial charge is 0.510 e. The van der Waals surface area contributed by atoms with E-state index in [2.05, 4.69) is 11.8 Å². The van der Waals surface area contributed by atoms with Gasteiger partial charge in [0.05, 0.1) is 17.2 Å². The summed E-state index contributed by atoms with van der Waals surface area (Å²) in [7, 11) is 6.73. The average molecular weight is 580 g/mol. The van der Waals surface area contributed by atoms with Gasteiger partial charge in [-0.25, -0.2) is 0 Å². The van der Waals surface area contributed by atoms with Crippen LogP contribution in [0, 0.1) is 23.7 Å². The van der Waals surface area contributed by atoms with Gasteiger partial charge in [-0.05, 0) is 70.2 Å². The van der Waals surface area contributed by atoms with Gasteiger partial charge in [0.1, 0.15) is 28.4 Å². The average Bonchev–Trinajstić information content (AvgIpc) is 2.90. The first-order valence-corrected chi connectivity index (χ1v) is 14.1. The fourth-order valence-corrected chi connectivity index (χ4v) is 7.24. The molecule has 0 heterocycles. The Hall–Kier alpha value is -3.85. The molecule has 0 aromatic heterocycles. The number of amides is 1. The van der Waals surface area contributed by atoms with Gasteiger partial charge in [0, 0.05) is 31.3 Å². The number of aliphatic hydroxyl groups is 4. The number of nitrogens with two attached hydrogens (primary N) is 1. The van der Waals surface area contributed by atoms with E-state index in [1.165, 1.54) is 4.90 Å². The van der Waals surface area contributed by atoms with Crippen molar-refractivity contribution in [2.75, 3.05) is 33.1 Å². The van der Waals surface area contributed by atoms with Crippen molar-refractivity contribution in [1.29, 1.82) is 0 Å². The molecule has 1 amide bonds. The summed E-state index contributed by atoms with van der Waals surface area (Å²) in [4.78, 5) is 43.1. The molecule has 1 aromatic rings. The molecular formula is C31H37N3O8. The monoisotopic (exact) mass is 579 g/mol. The standard InChI is InChI=1S/C31H37N3O8/c1-33(2)19-14-15(8-11-30(41)9-6-5-7-10-30)24(35)21-17(19)12-16-13-18-23(34(3)4)26(37)22(29(32)40)28(39)31(18,42)27(38)20(16)25(21)36/h14,16,18,23,35,37-38,41-42H,5-7,9-10,12-13H2,1-4H3,(H2,32,40)/t16-,18-,23-,31-/m0/s1. The predicted molar refractivity (Wildman–Crippen MR) is 153 cm³/mol. The summed E-state index contributed by atoms with van der Waals surface area (Å²) in [6.45, 7) is 0. The van der Waals surface area contributed by atoms with Crippen LogP contribution in [0.15, 0.2) is 28.7 Å². The maximum absolute atomic E-state index is 14.1. The molecule has 11 nitrogen and oxygen atoms in total. The number of nitrogens with zero attached hydrogens (tertiary/aromatic N) is 2. The molecule has 4 aliphatic rings. The number of fused-ring (bicyclic) bond motifs is 3. The Morgan fingerprint density at radius 3 is 2.26 bits per heavy atom. The molecule has 0 aliphatic heterocycles. The van der Waals surface area contributed by atoms with Crippen molar-refractivity contribution in [3.63, 3.8) is 0 Å². The Morgan fingerprint density at radius 2 is 1.69 bits per heavy atom. The minimum atomic E-state index is -2.70. The number of hydrogen-bond donors (Lipinski definition) is 6. The second kappa shape index (κ2) is 10.2. The molecule has 0 bridgehead atoms. The summed E-state index contributed by atoms with van der Waals surface area (Å²) < 4.78 is 0. The first-order valence-electron chi connectivity index (χ1n) is 14.1. The van der Waals surface area contributed by atoms with Crippen molar-refractivity contribution in [2.24, 2.45) is 17.6 Å². The second-order valence-corrected chi connectivity index (χ2v) is 12.3. The summed E-state index contributed by atoms with van der Waals surface area (Å²) in [6.07, 6.45) is 3.87. The number of allylic oxidation sites excluding steroid dienone is 1. The maximum atomic E-state index is 14.1. The third-order valence-corrected chi connectivity index (χ3v) is 9.29. The number of carbonyl (C=O) groups is 3. The molecule has 42 heavy (non-hydrogen) atoms. The number of primary amides is 1. The Balaban J connectivity index is 1.69. The van der Waals surface area contributed by atoms with E-state index >= 15 is 0 Å². The third kappa shape index (κ3) is 4.28. The summed E-state index contributed by atoms with van der Waals surface area (Å²) in [6, 6.07) is 0.606. The number of phenols is 1. The Morgan fingerprint density at radius 1 is 1.05 bits per heavy atom. The van der Waals surface area contributed by atoms with Gasteiger partial charge < -0.3 is 36.2 Å². The highest BCUT2D eigenvalue weighted by atomic mass is 16.3. The fraction of sp³-hybridized carbons (Fsp3) is 0.516. The molecule has 224 valence electrons. The zero-order valence-electron chi connectivity index (χ0n) is 24.2. The number of hydrogen-bond acceptors (Lipinski definition) is 10. The van der Waals surface area contributed by atoms with E-state index in [0.29, 0.717) is 24.1 Å². The fourth-order valence-electron chi connectivity index (χ4n) is 7.24. The SMILES string of the molecule is CN(C)c1cc(C#CC2(O)CCCCC2)c(O)c2c1C[C@H]1C[C@H]3[C@H](N(C)C)C(O)=C(C(N)=O)C(=O)[C@@]3(O)C(O)=C1C2=O. The van der Waals surface area contributed by atoms with Crippen LogP contribution in [0.2, 0.25) is 0 Å². The molecule has 0 radical (unpaired) electrons. The van der Waals surface area contributed by atoms with Crippen molar-refractivity contribution in [1.82, 2.24) is 4.90 Å². The zero-order valence-corrected chi connectivity index (χ0v) is 24.2. The van der Waals surface area contributed by atoms with Crippen LogP contribution in [0.25, 0.3) is 0 Å². The molecule has 1 aromatic carbocycles. The molecule has 11 heteroatoms. The second-order valence-electron chi connectivity index (χ2n) is 12.3. The first kappa shape index (κ1) is 29.6. The number of carbonyl (C=O) groups excluding carboxylic acids is 3. The van der Waals surface area contributed by atoms with E-state index in [0.717, 1.165) is 19.3 Å². The minimum Gasteiger partial charge on any atom is -0.510 e. The van der Waals surface area contributed by atoms with Crippen LogP contribution in [0.1, 0.15) is 60.0 Å². The lowest BCUT2D eigenvalue weighted by Gasteiger charge is -2.50. The molecule has 4 aliphatic carbocycles. The Bertz CT molecular complexity index is 1520. The van der Waals surface area contributed by atoms with E-state index in [9.17, 15) is 39.9 Å². The normalized spacial score (nSPS) is 28.5. The van der Waals surface area contributed by atoms with Gasteiger partial charge in [0.2, 0.25) is 5.78 Å². The van der Waals surface area contributed by atoms with Gasteiger partial charge in [-0.2, -0.15) is 0 Å². The molecule has 0 unspecified atom stereocenters. The molecular weight excluding hydrogens is 542 g/mol. The van der Waals surface area contributed by atoms with Crippen LogP contribution in [0.5, 0.6) is 5.75 Å². The van der Waals surface area contributed by atoms with Crippen LogP contribution in [0.4, 0.5) is 5.69 Å². The first-order chi connectivity index (χ1) is 19.6. The van der Waals surface area contributed by atoms with Crippen molar-refractivity contribution in [3.8, 4) is 17.6 Å². The summed E-state index contributed by atoms with van der Waals surface area (Å²) in [5.74, 6) is -1.29. The van der Waals surface area contributed by atoms with E-state index in [-0.39, 0.29) is 29.5 Å². The van der Waals surface area contributed by atoms with Gasteiger partial charge in [0.15, 0.2) is 11.4 Å². The molecule has 7 N–H and O–H groups in total. The van der Waals surface area contributed by atoms with Gasteiger partial charge >= 0.3 is 0 Å². The highest BCUT2D eigenvalue weighted by Gasteiger charge is 2.63. The number of phenolic OH excluding ortho intramolecular Hbond substituents is 1. The topological polar surface area (TPSA) is 185 Å². The van der Waals surface area contributed by atoms with Crippen LogP contribution < -0.4 is 10.6 Å². The summed E-state index contributed by atoms with van der Waals surface area (Å²) in [5.41, 5.74) is 1.55. The number of Topliss-reactive ketones (excluding diaryl/α,β-unsaturated/α-hetero) is 2. The number of aromatic hydroxyl groups is 1. The van der Waals surface area contributed by atoms with Crippen LogP contribution in [0.3, 0.4) is 0 Å². The van der Waals surface area contributed by atoms with Crippen LogP contribution in [-0.2, 0) is 16.0 Å². The van der Waals surface area contributed by atoms with Gasteiger partial charge in [0.25, 0.3) is 5.91 Å². The maximum Gasteiger partial charge on any atom is 0.255 e. The minimum absolute atomic E-state index is 0.00792. The van der Waals surface area contributed by atoms with Crippen LogP contribution >= 0.6 is 0 Å². The highest BCUT2D eigenvalue weighted by Crippen LogP contribution is 2.53. The lowest BCUT2D eigenvalue weighted by atomic mass is 9.58. The van der Waals surface area contributed by atoms with Gasteiger partial charge in [-0.15, -0.1) is 0 Å². The quantitative estimate of drug-likeness (QED) is 0.225. The predicted octanol–water partition coefficient (Wildman–Crippen LogP) is 1.23. The number of ketones is 2. The highest BCUT2D eigenvalue weighted by molar-refractivity contribution is 6.25.